The quantitative estimate of drug-likeness (QED) is 0.208. The molecule has 56 valence electrons. The topological polar surface area (TPSA) is 117 Å². The lowest BCUT2D eigenvalue weighted by Crippen LogP contribution is -2.10. The number of methoxy groups -OCH3 is 1. The van der Waals surface area contributed by atoms with E-state index in [1.807, 2.05) is 0 Å². The van der Waals surface area contributed by atoms with E-state index in [0.717, 1.165) is 0 Å². The van der Waals surface area contributed by atoms with Crippen molar-refractivity contribution >= 4 is 17.4 Å². The van der Waals surface area contributed by atoms with Crippen LogP contribution in [0.2, 0.25) is 0 Å². The van der Waals surface area contributed by atoms with Gasteiger partial charge in [0.05, 0.1) is 7.11 Å². The van der Waals surface area contributed by atoms with Gasteiger partial charge in [-0.1, -0.05) is 0 Å². The van der Waals surface area contributed by atoms with Crippen LogP contribution in [0.3, 0.4) is 0 Å². The van der Waals surface area contributed by atoms with Crippen molar-refractivity contribution in [1.82, 2.24) is 0 Å². The van der Waals surface area contributed by atoms with Gasteiger partial charge in [-0.25, -0.2) is 0 Å². The summed E-state index contributed by atoms with van der Waals surface area (Å²) >= 11 is -2.61. The molecule has 0 rings (SSSR count). The van der Waals surface area contributed by atoms with Gasteiger partial charge in [-0.2, -0.15) is 4.21 Å². The zero-order valence-electron chi connectivity index (χ0n) is 4.70. The van der Waals surface area contributed by atoms with E-state index in [2.05, 4.69) is 10.5 Å². The zero-order chi connectivity index (χ0) is 7.86. The first-order chi connectivity index (χ1) is 4.00. The van der Waals surface area contributed by atoms with Crippen molar-refractivity contribution < 1.29 is 18.1 Å². The van der Waals surface area contributed by atoms with Crippen LogP contribution < -0.4 is 5.73 Å². The number of hydrogen-bond acceptors (Lipinski definition) is 3. The van der Waals surface area contributed by atoms with Gasteiger partial charge in [0, 0.05) is 0 Å². The number of nitrogens with two attached hydrogens (primary N) is 1. The highest BCUT2D eigenvalue weighted by molar-refractivity contribution is 7.73. The van der Waals surface area contributed by atoms with E-state index in [9.17, 15) is 0 Å². The Hall–Kier alpha value is -0.660. The summed E-state index contributed by atoms with van der Waals surface area (Å²) in [5, 5.41) is 6.30. The van der Waals surface area contributed by atoms with Crippen LogP contribution in [0.4, 0.5) is 0 Å². The molecule has 7 heteroatoms. The molecule has 0 amide bonds. The highest BCUT2D eigenvalue weighted by Gasteiger charge is 1.68. The van der Waals surface area contributed by atoms with E-state index in [1.165, 1.54) is 7.11 Å². The van der Waals surface area contributed by atoms with E-state index in [-0.39, 0.29) is 6.02 Å². The first-order valence-electron chi connectivity index (χ1n) is 1.68. The van der Waals surface area contributed by atoms with Crippen molar-refractivity contribution in [3.05, 3.63) is 0 Å². The maximum absolute atomic E-state index is 8.67. The predicted octanol–water partition coefficient (Wildman–Crippen LogP) is -0.793. The molecule has 6 nitrogen and oxygen atoms in total. The highest BCUT2D eigenvalue weighted by Crippen LogP contribution is 1.50. The third-order valence-corrected chi connectivity index (χ3v) is 0.220. The number of hydrogen-bond donors (Lipinski definition) is 4. The van der Waals surface area contributed by atoms with Crippen LogP contribution in [0, 0.1) is 5.41 Å². The molecule has 0 aromatic heterocycles. The first-order valence-corrected chi connectivity index (χ1v) is 2.75. The Morgan fingerprint density at radius 1 is 1.78 bits per heavy atom. The minimum Gasteiger partial charge on any atom is -0.469 e. The van der Waals surface area contributed by atoms with Gasteiger partial charge in [0.15, 0.2) is 0 Å². The Morgan fingerprint density at radius 3 is 1.89 bits per heavy atom. The fraction of sp³-hybridized carbons (Fsp3) is 0.500. The Balaban J connectivity index is 0. The van der Waals surface area contributed by atoms with Crippen LogP contribution in [-0.4, -0.2) is 26.4 Å². The van der Waals surface area contributed by atoms with Crippen LogP contribution in [0.15, 0.2) is 0 Å². The summed E-state index contributed by atoms with van der Waals surface area (Å²) in [6.45, 7) is 0. The molecular formula is C2H8N2O4S. The fourth-order valence-electron chi connectivity index (χ4n) is 0. The fourth-order valence-corrected chi connectivity index (χ4v) is 0. The molecule has 5 N–H and O–H groups in total. The molecular weight excluding hydrogens is 148 g/mol. The van der Waals surface area contributed by atoms with Gasteiger partial charge in [-0.3, -0.25) is 14.5 Å². The molecule has 0 aliphatic carbocycles. The Morgan fingerprint density at radius 2 is 1.89 bits per heavy atom. The number of ether oxygens (including phenoxy) is 1. The lowest BCUT2D eigenvalue weighted by Gasteiger charge is -1.85. The second-order valence-corrected chi connectivity index (χ2v) is 1.26. The van der Waals surface area contributed by atoms with Gasteiger partial charge in [0.2, 0.25) is 0 Å². The van der Waals surface area contributed by atoms with Crippen molar-refractivity contribution in [2.45, 2.75) is 0 Å². The minimum atomic E-state index is -2.61. The van der Waals surface area contributed by atoms with Crippen LogP contribution in [0.1, 0.15) is 0 Å². The minimum absolute atomic E-state index is 0.245. The molecule has 0 aliphatic heterocycles. The normalized spacial score (nSPS) is 7.56. The monoisotopic (exact) mass is 156 g/mol. The standard InChI is InChI=1S/C2H6N2O.H2O3S/c1-5-2(3)4;1-4(2)3/h1H3,(H3,3,4);(H2,1,2,3). The van der Waals surface area contributed by atoms with Crippen molar-refractivity contribution in [3.8, 4) is 0 Å². The summed E-state index contributed by atoms with van der Waals surface area (Å²) in [4.78, 5) is 0. The average Bonchev–Trinajstić information content (AvgIpc) is 1.65. The maximum atomic E-state index is 8.67. The van der Waals surface area contributed by atoms with E-state index in [4.69, 9.17) is 18.7 Å². The molecule has 0 bridgehead atoms. The van der Waals surface area contributed by atoms with Crippen molar-refractivity contribution in [2.24, 2.45) is 5.73 Å². The van der Waals surface area contributed by atoms with Crippen molar-refractivity contribution in [2.75, 3.05) is 7.11 Å². The summed E-state index contributed by atoms with van der Waals surface area (Å²) in [6, 6.07) is -0.245. The largest absolute Gasteiger partial charge is 0.469 e. The van der Waals surface area contributed by atoms with Gasteiger partial charge in [-0.15, -0.1) is 0 Å². The molecule has 0 saturated heterocycles. The average molecular weight is 156 g/mol. The van der Waals surface area contributed by atoms with Crippen LogP contribution in [0.25, 0.3) is 0 Å². The molecule has 0 spiro atoms. The lowest BCUT2D eigenvalue weighted by atomic mass is 11.2. The van der Waals surface area contributed by atoms with Crippen LogP contribution >= 0.6 is 0 Å². The Kier molecular flexibility index (Phi) is 9.12. The number of rotatable bonds is 0. The molecule has 0 heterocycles. The summed E-state index contributed by atoms with van der Waals surface area (Å²) in [5.74, 6) is 0. The second kappa shape index (κ2) is 7.34. The Bertz CT molecular complexity index is 101. The first kappa shape index (κ1) is 11.2. The van der Waals surface area contributed by atoms with Crippen molar-refractivity contribution in [3.63, 3.8) is 0 Å². The molecule has 0 aliphatic rings. The van der Waals surface area contributed by atoms with Crippen LogP contribution in [0.5, 0.6) is 0 Å². The van der Waals surface area contributed by atoms with Gasteiger partial charge in [0.25, 0.3) is 17.4 Å². The lowest BCUT2D eigenvalue weighted by molar-refractivity contribution is 0.393. The van der Waals surface area contributed by atoms with Gasteiger partial charge in [0.1, 0.15) is 0 Å². The third-order valence-electron chi connectivity index (χ3n) is 0.220. The highest BCUT2D eigenvalue weighted by atomic mass is 32.2. The molecule has 0 saturated carbocycles. The van der Waals surface area contributed by atoms with Gasteiger partial charge >= 0.3 is 0 Å². The predicted molar refractivity (Wildman–Crippen MR) is 32.3 cm³/mol. The summed E-state index contributed by atoms with van der Waals surface area (Å²) in [7, 11) is 1.35. The van der Waals surface area contributed by atoms with E-state index < -0.39 is 11.4 Å². The summed E-state index contributed by atoms with van der Waals surface area (Å²) in [5.41, 5.74) is 4.65. The van der Waals surface area contributed by atoms with E-state index in [0.29, 0.717) is 0 Å². The molecule has 9 heavy (non-hydrogen) atoms. The second-order valence-electron chi connectivity index (χ2n) is 0.799. The number of nitrogens with one attached hydrogen (secondary N) is 1. The maximum Gasteiger partial charge on any atom is 0.299 e. The number of amidine groups is 1. The summed E-state index contributed by atoms with van der Waals surface area (Å²) < 4.78 is 26.9. The van der Waals surface area contributed by atoms with Gasteiger partial charge in [-0.05, 0) is 0 Å². The Labute approximate surface area is 54.6 Å². The molecule has 0 aromatic rings. The smallest absolute Gasteiger partial charge is 0.299 e. The SMILES string of the molecule is COC(=N)N.O=S(O)O. The van der Waals surface area contributed by atoms with Crippen molar-refractivity contribution in [1.29, 1.82) is 5.41 Å². The molecule has 0 unspecified atom stereocenters. The van der Waals surface area contributed by atoms with E-state index >= 15 is 0 Å². The molecule has 0 atom stereocenters. The molecule has 0 fully saturated rings. The van der Waals surface area contributed by atoms with E-state index in [1.54, 1.807) is 0 Å². The molecule has 0 radical (unpaired) electrons. The van der Waals surface area contributed by atoms with Gasteiger partial charge < -0.3 is 10.5 Å². The molecule has 0 aromatic carbocycles. The summed E-state index contributed by atoms with van der Waals surface area (Å²) in [6.07, 6.45) is 0. The zero-order valence-corrected chi connectivity index (χ0v) is 5.51. The third kappa shape index (κ3) is 117. The van der Waals surface area contributed by atoms with Crippen LogP contribution in [-0.2, 0) is 16.1 Å².